The van der Waals surface area contributed by atoms with Gasteiger partial charge in [-0.2, -0.15) is 5.26 Å². The number of allylic oxidation sites excluding steroid dienone is 4. The van der Waals surface area contributed by atoms with Gasteiger partial charge in [0.2, 0.25) is 9.84 Å². The maximum absolute atomic E-state index is 12.6. The van der Waals surface area contributed by atoms with E-state index in [0.717, 1.165) is 5.56 Å². The van der Waals surface area contributed by atoms with Crippen molar-refractivity contribution in [3.63, 3.8) is 0 Å². The Balaban J connectivity index is 2.60. The van der Waals surface area contributed by atoms with Crippen molar-refractivity contribution in [2.45, 2.75) is 11.8 Å². The first-order chi connectivity index (χ1) is 9.46. The van der Waals surface area contributed by atoms with Crippen molar-refractivity contribution < 1.29 is 8.42 Å². The zero-order chi connectivity index (χ0) is 14.8. The maximum atomic E-state index is 12.6. The lowest BCUT2D eigenvalue weighted by atomic mass is 10.2. The van der Waals surface area contributed by atoms with Gasteiger partial charge in [-0.05, 0) is 31.2 Å². The predicted molar refractivity (Wildman–Crippen MR) is 77.0 cm³/mol. The molecule has 0 unspecified atom stereocenters. The molecule has 0 radical (unpaired) electrons. The zero-order valence-electron chi connectivity index (χ0n) is 11.2. The number of benzene rings is 1. The number of aryl methyl sites for hydroxylation is 1. The highest BCUT2D eigenvalue weighted by Gasteiger charge is 2.25. The van der Waals surface area contributed by atoms with Crippen molar-refractivity contribution in [3.05, 3.63) is 64.9 Å². The van der Waals surface area contributed by atoms with Crippen LogP contribution in [0.5, 0.6) is 0 Å². The lowest BCUT2D eigenvalue weighted by molar-refractivity contribution is 0.574. The van der Waals surface area contributed by atoms with Crippen LogP contribution in [0.2, 0.25) is 0 Å². The van der Waals surface area contributed by atoms with E-state index >= 15 is 0 Å². The Morgan fingerprint density at radius 3 is 2.40 bits per heavy atom. The molecule has 4 nitrogen and oxygen atoms in total. The van der Waals surface area contributed by atoms with Gasteiger partial charge >= 0.3 is 0 Å². The Hall–Kier alpha value is -2.32. The van der Waals surface area contributed by atoms with Crippen LogP contribution in [0.1, 0.15) is 5.56 Å². The molecule has 0 spiro atoms. The summed E-state index contributed by atoms with van der Waals surface area (Å²) in [6.07, 6.45) is 6.80. The molecule has 1 aliphatic heterocycles. The molecule has 1 aliphatic rings. The Labute approximate surface area is 118 Å². The first-order valence-corrected chi connectivity index (χ1v) is 7.49. The Morgan fingerprint density at radius 1 is 1.20 bits per heavy atom. The predicted octanol–water partition coefficient (Wildman–Crippen LogP) is 2.52. The van der Waals surface area contributed by atoms with Crippen molar-refractivity contribution in [2.24, 2.45) is 0 Å². The van der Waals surface area contributed by atoms with Crippen LogP contribution in [0.15, 0.2) is 64.2 Å². The molecule has 2 rings (SSSR count). The van der Waals surface area contributed by atoms with Gasteiger partial charge in [-0.15, -0.1) is 0 Å². The van der Waals surface area contributed by atoms with E-state index in [1.807, 2.05) is 13.0 Å². The number of sulfone groups is 1. The third-order valence-electron chi connectivity index (χ3n) is 2.99. The number of likely N-dealkylation sites (N-methyl/N-ethyl adjacent to an activating group) is 1. The average molecular weight is 286 g/mol. The van der Waals surface area contributed by atoms with Crippen LogP contribution < -0.4 is 0 Å². The molecule has 5 heteroatoms. The molecule has 0 aliphatic carbocycles. The van der Waals surface area contributed by atoms with Crippen LogP contribution in [0.25, 0.3) is 0 Å². The van der Waals surface area contributed by atoms with Crippen molar-refractivity contribution in [3.8, 4) is 6.07 Å². The van der Waals surface area contributed by atoms with Crippen LogP contribution in [0, 0.1) is 18.3 Å². The van der Waals surface area contributed by atoms with Crippen molar-refractivity contribution in [1.82, 2.24) is 4.90 Å². The fraction of sp³-hybridized carbons (Fsp3) is 0.133. The van der Waals surface area contributed by atoms with Gasteiger partial charge in [0, 0.05) is 13.2 Å². The second-order valence-corrected chi connectivity index (χ2v) is 6.34. The summed E-state index contributed by atoms with van der Waals surface area (Å²) >= 11 is 0. The molecule has 1 heterocycles. The molecule has 0 amide bonds. The van der Waals surface area contributed by atoms with Crippen LogP contribution in [-0.2, 0) is 9.84 Å². The summed E-state index contributed by atoms with van der Waals surface area (Å²) in [5.74, 6) is 0. The van der Waals surface area contributed by atoms with Gasteiger partial charge in [0.1, 0.15) is 6.07 Å². The smallest absolute Gasteiger partial charge is 0.218 e. The molecule has 1 aromatic rings. The summed E-state index contributed by atoms with van der Waals surface area (Å²) in [5, 5.41) is 9.28. The largest absolute Gasteiger partial charge is 0.349 e. The highest BCUT2D eigenvalue weighted by molar-refractivity contribution is 7.95. The molecular weight excluding hydrogens is 272 g/mol. The van der Waals surface area contributed by atoms with Crippen molar-refractivity contribution >= 4 is 9.84 Å². The lowest BCUT2D eigenvalue weighted by Crippen LogP contribution is -2.17. The van der Waals surface area contributed by atoms with E-state index in [0.29, 0.717) is 5.70 Å². The normalized spacial score (nSPS) is 16.9. The molecule has 20 heavy (non-hydrogen) atoms. The van der Waals surface area contributed by atoms with Gasteiger partial charge in [0.25, 0.3) is 0 Å². The molecule has 0 aromatic heterocycles. The second-order valence-electron chi connectivity index (χ2n) is 4.45. The fourth-order valence-corrected chi connectivity index (χ4v) is 3.19. The van der Waals surface area contributed by atoms with Crippen LogP contribution in [0.3, 0.4) is 0 Å². The molecule has 0 fully saturated rings. The molecular formula is C15H14N2O2S. The Morgan fingerprint density at radius 2 is 1.85 bits per heavy atom. The minimum absolute atomic E-state index is 0.128. The van der Waals surface area contributed by atoms with Gasteiger partial charge in [-0.25, -0.2) is 8.42 Å². The first kappa shape index (κ1) is 14.1. The third-order valence-corrected chi connectivity index (χ3v) is 4.72. The van der Waals surface area contributed by atoms with E-state index in [-0.39, 0.29) is 9.80 Å². The average Bonchev–Trinajstić information content (AvgIpc) is 2.42. The SMILES string of the molecule is Cc1ccc(S(=O)(=O)/C(C#N)=C2/C=CC=CN2C)cc1. The monoisotopic (exact) mass is 286 g/mol. The standard InChI is InChI=1S/C15H14N2O2S/c1-12-6-8-13(9-7-12)20(18,19)15(11-16)14-5-3-4-10-17(14)2/h3-10H,1-2H3/b15-14-. The maximum Gasteiger partial charge on any atom is 0.218 e. The van der Waals surface area contributed by atoms with Crippen LogP contribution in [-0.4, -0.2) is 20.4 Å². The molecule has 102 valence electrons. The fourth-order valence-electron chi connectivity index (χ4n) is 1.85. The summed E-state index contributed by atoms with van der Waals surface area (Å²) in [4.78, 5) is 1.50. The van der Waals surface area contributed by atoms with E-state index in [2.05, 4.69) is 0 Å². The summed E-state index contributed by atoms with van der Waals surface area (Å²) < 4.78 is 25.1. The number of nitrogens with zero attached hydrogens (tertiary/aromatic N) is 2. The van der Waals surface area contributed by atoms with Gasteiger partial charge in [-0.1, -0.05) is 23.8 Å². The molecule has 0 bridgehead atoms. The summed E-state index contributed by atoms with van der Waals surface area (Å²) in [7, 11) is -2.10. The van der Waals surface area contributed by atoms with Crippen molar-refractivity contribution in [2.75, 3.05) is 7.05 Å². The van der Waals surface area contributed by atoms with Gasteiger partial charge < -0.3 is 4.90 Å². The second kappa shape index (κ2) is 5.35. The van der Waals surface area contributed by atoms with E-state index in [1.165, 1.54) is 12.1 Å². The minimum Gasteiger partial charge on any atom is -0.349 e. The first-order valence-electron chi connectivity index (χ1n) is 6.00. The Bertz CT molecular complexity index is 748. The summed E-state index contributed by atoms with van der Waals surface area (Å²) in [6.45, 7) is 1.88. The van der Waals surface area contributed by atoms with Crippen LogP contribution >= 0.6 is 0 Å². The summed E-state index contributed by atoms with van der Waals surface area (Å²) in [6, 6.07) is 8.29. The molecule has 0 saturated carbocycles. The number of rotatable bonds is 2. The van der Waals surface area contributed by atoms with Gasteiger partial charge in [0.15, 0.2) is 4.91 Å². The Kier molecular flexibility index (Phi) is 3.77. The molecule has 0 N–H and O–H groups in total. The summed E-state index contributed by atoms with van der Waals surface area (Å²) in [5.41, 5.74) is 1.34. The topological polar surface area (TPSA) is 61.2 Å². The zero-order valence-corrected chi connectivity index (χ0v) is 12.1. The van der Waals surface area contributed by atoms with Gasteiger partial charge in [0.05, 0.1) is 10.6 Å². The number of nitriles is 1. The molecule has 0 atom stereocenters. The van der Waals surface area contributed by atoms with E-state index < -0.39 is 9.84 Å². The molecule has 1 aromatic carbocycles. The highest BCUT2D eigenvalue weighted by atomic mass is 32.2. The third kappa shape index (κ3) is 2.51. The van der Waals surface area contributed by atoms with E-state index in [1.54, 1.807) is 48.5 Å². The number of hydrogen-bond acceptors (Lipinski definition) is 4. The minimum atomic E-state index is -3.81. The van der Waals surface area contributed by atoms with Crippen LogP contribution in [0.4, 0.5) is 0 Å². The van der Waals surface area contributed by atoms with Gasteiger partial charge in [-0.3, -0.25) is 0 Å². The van der Waals surface area contributed by atoms with E-state index in [9.17, 15) is 13.7 Å². The lowest BCUT2D eigenvalue weighted by Gasteiger charge is -2.19. The highest BCUT2D eigenvalue weighted by Crippen LogP contribution is 2.25. The van der Waals surface area contributed by atoms with Crippen molar-refractivity contribution in [1.29, 1.82) is 5.26 Å². The quantitative estimate of drug-likeness (QED) is 0.784. The number of hydrogen-bond donors (Lipinski definition) is 0. The molecule has 0 saturated heterocycles. The van der Waals surface area contributed by atoms with E-state index in [4.69, 9.17) is 0 Å².